The minimum atomic E-state index is -3.64. The third kappa shape index (κ3) is 3.25. The minimum Gasteiger partial charge on any atom is -0.380 e. The highest BCUT2D eigenvalue weighted by molar-refractivity contribution is 7.92. The summed E-state index contributed by atoms with van der Waals surface area (Å²) in [6.45, 7) is 3.96. The standard InChI is InChI=1S/C14H19N3O3S/c1-10-14(11(2)17(3)15-10)16-21(18,19)13-7-5-6-12(8-13)9-20-4/h5-8,16H,9H2,1-4H3. The lowest BCUT2D eigenvalue weighted by atomic mass is 10.2. The minimum absolute atomic E-state index is 0.208. The average Bonchev–Trinajstić information content (AvgIpc) is 2.66. The number of sulfonamides is 1. The van der Waals surface area contributed by atoms with Crippen molar-refractivity contribution in [1.29, 1.82) is 0 Å². The van der Waals surface area contributed by atoms with Crippen LogP contribution in [0, 0.1) is 13.8 Å². The summed E-state index contributed by atoms with van der Waals surface area (Å²) in [5.74, 6) is 0. The molecule has 0 radical (unpaired) electrons. The van der Waals surface area contributed by atoms with E-state index in [1.165, 1.54) is 0 Å². The summed E-state index contributed by atoms with van der Waals surface area (Å²) in [6, 6.07) is 6.68. The van der Waals surface area contributed by atoms with E-state index in [-0.39, 0.29) is 4.90 Å². The van der Waals surface area contributed by atoms with E-state index in [9.17, 15) is 8.42 Å². The number of benzene rings is 1. The van der Waals surface area contributed by atoms with E-state index in [1.807, 2.05) is 13.0 Å². The van der Waals surface area contributed by atoms with Gasteiger partial charge in [0, 0.05) is 14.2 Å². The molecule has 0 aliphatic rings. The van der Waals surface area contributed by atoms with Crippen LogP contribution >= 0.6 is 0 Å². The van der Waals surface area contributed by atoms with Crippen molar-refractivity contribution in [2.75, 3.05) is 11.8 Å². The summed E-state index contributed by atoms with van der Waals surface area (Å²) in [4.78, 5) is 0.208. The molecule has 21 heavy (non-hydrogen) atoms. The van der Waals surface area contributed by atoms with Gasteiger partial charge in [-0.25, -0.2) is 8.42 Å². The van der Waals surface area contributed by atoms with Crippen molar-refractivity contribution < 1.29 is 13.2 Å². The Morgan fingerprint density at radius 2 is 2.05 bits per heavy atom. The van der Waals surface area contributed by atoms with Gasteiger partial charge < -0.3 is 4.74 Å². The summed E-state index contributed by atoms with van der Waals surface area (Å²) in [5, 5.41) is 4.21. The maximum atomic E-state index is 12.5. The highest BCUT2D eigenvalue weighted by Crippen LogP contribution is 2.23. The monoisotopic (exact) mass is 309 g/mol. The molecule has 0 amide bonds. The van der Waals surface area contributed by atoms with Gasteiger partial charge >= 0.3 is 0 Å². The summed E-state index contributed by atoms with van der Waals surface area (Å²) >= 11 is 0. The number of hydrogen-bond acceptors (Lipinski definition) is 4. The Morgan fingerprint density at radius 1 is 1.33 bits per heavy atom. The number of rotatable bonds is 5. The van der Waals surface area contributed by atoms with Crippen LogP contribution < -0.4 is 4.72 Å². The van der Waals surface area contributed by atoms with Crippen LogP contribution in [-0.2, 0) is 28.4 Å². The van der Waals surface area contributed by atoms with Gasteiger partial charge in [0.25, 0.3) is 10.0 Å². The molecule has 2 aromatic rings. The number of ether oxygens (including phenoxy) is 1. The predicted octanol–water partition coefficient (Wildman–Crippen LogP) is 1.98. The molecule has 114 valence electrons. The van der Waals surface area contributed by atoms with Crippen molar-refractivity contribution >= 4 is 15.7 Å². The van der Waals surface area contributed by atoms with Crippen LogP contribution in [0.25, 0.3) is 0 Å². The second-order valence-corrected chi connectivity index (χ2v) is 6.54. The van der Waals surface area contributed by atoms with Crippen molar-refractivity contribution in [3.8, 4) is 0 Å². The van der Waals surface area contributed by atoms with Crippen molar-refractivity contribution in [1.82, 2.24) is 9.78 Å². The Hall–Kier alpha value is -1.86. The molecule has 0 saturated carbocycles. The average molecular weight is 309 g/mol. The SMILES string of the molecule is COCc1cccc(S(=O)(=O)Nc2c(C)nn(C)c2C)c1. The fourth-order valence-corrected chi connectivity index (χ4v) is 3.33. The third-order valence-electron chi connectivity index (χ3n) is 3.27. The fraction of sp³-hybridized carbons (Fsp3) is 0.357. The van der Waals surface area contributed by atoms with Gasteiger partial charge in [-0.2, -0.15) is 5.10 Å². The van der Waals surface area contributed by atoms with Gasteiger partial charge in [-0.3, -0.25) is 9.40 Å². The zero-order valence-corrected chi connectivity index (χ0v) is 13.4. The van der Waals surface area contributed by atoms with Gasteiger partial charge in [0.2, 0.25) is 0 Å². The molecule has 0 spiro atoms. The van der Waals surface area contributed by atoms with Gasteiger partial charge in [-0.15, -0.1) is 0 Å². The maximum absolute atomic E-state index is 12.5. The van der Waals surface area contributed by atoms with E-state index in [1.54, 1.807) is 44.0 Å². The van der Waals surface area contributed by atoms with E-state index in [0.717, 1.165) is 11.3 Å². The first kappa shape index (κ1) is 15.5. The molecule has 0 aliphatic heterocycles. The van der Waals surface area contributed by atoms with E-state index < -0.39 is 10.0 Å². The molecule has 7 heteroatoms. The quantitative estimate of drug-likeness (QED) is 0.916. The zero-order valence-electron chi connectivity index (χ0n) is 12.5. The molecule has 0 unspecified atom stereocenters. The predicted molar refractivity (Wildman–Crippen MR) is 80.6 cm³/mol. The summed E-state index contributed by atoms with van der Waals surface area (Å²) in [6.07, 6.45) is 0. The lowest BCUT2D eigenvalue weighted by Gasteiger charge is -2.09. The number of aryl methyl sites for hydroxylation is 2. The van der Waals surface area contributed by atoms with Crippen LogP contribution in [0.15, 0.2) is 29.2 Å². The second-order valence-electron chi connectivity index (χ2n) is 4.86. The molecule has 0 saturated heterocycles. The van der Waals surface area contributed by atoms with E-state index in [4.69, 9.17) is 4.74 Å². The molecule has 0 fully saturated rings. The van der Waals surface area contributed by atoms with Crippen LogP contribution in [-0.4, -0.2) is 25.3 Å². The van der Waals surface area contributed by atoms with Gasteiger partial charge in [0.15, 0.2) is 0 Å². The largest absolute Gasteiger partial charge is 0.380 e. The van der Waals surface area contributed by atoms with Crippen LogP contribution in [0.3, 0.4) is 0 Å². The topological polar surface area (TPSA) is 73.2 Å². The number of methoxy groups -OCH3 is 1. The van der Waals surface area contributed by atoms with Crippen molar-refractivity contribution in [2.24, 2.45) is 7.05 Å². The van der Waals surface area contributed by atoms with Crippen molar-refractivity contribution in [3.05, 3.63) is 41.2 Å². The van der Waals surface area contributed by atoms with Crippen molar-refractivity contribution in [2.45, 2.75) is 25.3 Å². The number of anilines is 1. The van der Waals surface area contributed by atoms with E-state index in [2.05, 4.69) is 9.82 Å². The molecule has 2 rings (SSSR count). The molecular formula is C14H19N3O3S. The second kappa shape index (κ2) is 5.87. The Balaban J connectivity index is 2.36. The number of hydrogen-bond donors (Lipinski definition) is 1. The summed E-state index contributed by atoms with van der Waals surface area (Å²) < 4.78 is 34.2. The highest BCUT2D eigenvalue weighted by Gasteiger charge is 2.19. The van der Waals surface area contributed by atoms with Gasteiger partial charge in [-0.1, -0.05) is 12.1 Å². The third-order valence-corrected chi connectivity index (χ3v) is 4.61. The van der Waals surface area contributed by atoms with Crippen LogP contribution in [0.1, 0.15) is 17.0 Å². The molecule has 1 aromatic heterocycles. The van der Waals surface area contributed by atoms with Crippen LogP contribution in [0.5, 0.6) is 0 Å². The van der Waals surface area contributed by atoms with Crippen molar-refractivity contribution in [3.63, 3.8) is 0 Å². The van der Waals surface area contributed by atoms with Gasteiger partial charge in [0.05, 0.1) is 28.6 Å². The zero-order chi connectivity index (χ0) is 15.6. The number of nitrogens with zero attached hydrogens (tertiary/aromatic N) is 2. The molecule has 1 aromatic carbocycles. The molecule has 1 heterocycles. The first-order chi connectivity index (χ1) is 9.85. The Morgan fingerprint density at radius 3 is 2.62 bits per heavy atom. The maximum Gasteiger partial charge on any atom is 0.262 e. The summed E-state index contributed by atoms with van der Waals surface area (Å²) in [5.41, 5.74) is 2.74. The Kier molecular flexibility index (Phi) is 4.34. The first-order valence-electron chi connectivity index (χ1n) is 6.46. The lowest BCUT2D eigenvalue weighted by Crippen LogP contribution is -2.14. The molecule has 0 atom stereocenters. The first-order valence-corrected chi connectivity index (χ1v) is 7.94. The van der Waals surface area contributed by atoms with E-state index >= 15 is 0 Å². The Bertz CT molecular complexity index is 751. The summed E-state index contributed by atoms with van der Waals surface area (Å²) in [7, 11) is -0.296. The van der Waals surface area contributed by atoms with Gasteiger partial charge in [-0.05, 0) is 31.5 Å². The molecule has 1 N–H and O–H groups in total. The highest BCUT2D eigenvalue weighted by atomic mass is 32.2. The molecule has 0 aliphatic carbocycles. The number of aromatic nitrogens is 2. The normalized spacial score (nSPS) is 11.6. The number of nitrogens with one attached hydrogen (secondary N) is 1. The van der Waals surface area contributed by atoms with Gasteiger partial charge in [0.1, 0.15) is 0 Å². The lowest BCUT2D eigenvalue weighted by molar-refractivity contribution is 0.184. The van der Waals surface area contributed by atoms with Crippen LogP contribution in [0.4, 0.5) is 5.69 Å². The van der Waals surface area contributed by atoms with E-state index in [0.29, 0.717) is 18.0 Å². The smallest absolute Gasteiger partial charge is 0.262 e. The Labute approximate surface area is 124 Å². The molecular weight excluding hydrogens is 290 g/mol. The molecule has 6 nitrogen and oxygen atoms in total. The fourth-order valence-electron chi connectivity index (χ4n) is 2.08. The molecule has 0 bridgehead atoms. The van der Waals surface area contributed by atoms with Crippen LogP contribution in [0.2, 0.25) is 0 Å².